The molecule has 2 unspecified atom stereocenters. The lowest BCUT2D eigenvalue weighted by atomic mass is 9.98. The lowest BCUT2D eigenvalue weighted by molar-refractivity contribution is -0.125. The molecule has 154 valence electrons. The molecule has 2 amide bonds. The number of hydrogen-bond acceptors (Lipinski definition) is 3. The van der Waals surface area contributed by atoms with Crippen LogP contribution in [-0.4, -0.2) is 25.5 Å². The summed E-state index contributed by atoms with van der Waals surface area (Å²) < 4.78 is 5.22. The number of anilines is 1. The van der Waals surface area contributed by atoms with Crippen LogP contribution >= 0.6 is 0 Å². The molecule has 0 spiro atoms. The van der Waals surface area contributed by atoms with Crippen molar-refractivity contribution in [2.45, 2.75) is 39.5 Å². The van der Waals surface area contributed by atoms with Crippen LogP contribution in [0.5, 0.6) is 5.75 Å². The summed E-state index contributed by atoms with van der Waals surface area (Å²) in [5.74, 6) is 0.555. The van der Waals surface area contributed by atoms with Gasteiger partial charge in [-0.05, 0) is 54.5 Å². The van der Waals surface area contributed by atoms with Crippen molar-refractivity contribution in [1.82, 2.24) is 5.32 Å². The predicted octanol–water partition coefficient (Wildman–Crippen LogP) is 4.06. The second kappa shape index (κ2) is 9.12. The molecule has 0 aromatic heterocycles. The van der Waals surface area contributed by atoms with Crippen molar-refractivity contribution >= 4 is 17.5 Å². The van der Waals surface area contributed by atoms with E-state index in [1.165, 1.54) is 0 Å². The van der Waals surface area contributed by atoms with Gasteiger partial charge in [0.15, 0.2) is 0 Å². The zero-order valence-electron chi connectivity index (χ0n) is 17.6. The Labute approximate surface area is 172 Å². The molecule has 2 aromatic rings. The number of amides is 2. The smallest absolute Gasteiger partial charge is 0.228 e. The summed E-state index contributed by atoms with van der Waals surface area (Å²) in [5.41, 5.74) is 4.16. The third-order valence-electron chi connectivity index (χ3n) is 5.49. The second-order valence-electron chi connectivity index (χ2n) is 8.02. The van der Waals surface area contributed by atoms with Crippen molar-refractivity contribution in [3.8, 4) is 5.75 Å². The Bertz CT molecular complexity index is 891. The number of para-hydroxylation sites is 1. The van der Waals surface area contributed by atoms with Crippen LogP contribution in [0.1, 0.15) is 42.9 Å². The number of benzene rings is 2. The maximum absolute atomic E-state index is 12.7. The third kappa shape index (κ3) is 5.17. The Morgan fingerprint density at radius 1 is 1.10 bits per heavy atom. The van der Waals surface area contributed by atoms with Gasteiger partial charge in [0.2, 0.25) is 11.8 Å². The molecule has 0 aliphatic heterocycles. The van der Waals surface area contributed by atoms with Crippen molar-refractivity contribution in [1.29, 1.82) is 0 Å². The summed E-state index contributed by atoms with van der Waals surface area (Å²) in [7, 11) is 1.64. The van der Waals surface area contributed by atoms with E-state index in [4.69, 9.17) is 4.74 Å². The molecule has 1 saturated carbocycles. The third-order valence-corrected chi connectivity index (χ3v) is 5.49. The summed E-state index contributed by atoms with van der Waals surface area (Å²) in [6.07, 6.45) is 1.34. The number of carbonyl (C=O) groups excluding carboxylic acids is 2. The van der Waals surface area contributed by atoms with Gasteiger partial charge in [0, 0.05) is 12.2 Å². The largest absolute Gasteiger partial charge is 0.497 e. The van der Waals surface area contributed by atoms with E-state index in [1.807, 2.05) is 49.4 Å². The van der Waals surface area contributed by atoms with Crippen LogP contribution in [-0.2, 0) is 16.0 Å². The minimum atomic E-state index is -0.244. The number of methoxy groups -OCH3 is 1. The highest BCUT2D eigenvalue weighted by molar-refractivity contribution is 6.00. The van der Waals surface area contributed by atoms with E-state index < -0.39 is 0 Å². The Morgan fingerprint density at radius 2 is 1.83 bits per heavy atom. The highest BCUT2D eigenvalue weighted by Gasteiger charge is 2.48. The second-order valence-corrected chi connectivity index (χ2v) is 8.02. The van der Waals surface area contributed by atoms with Crippen LogP contribution in [0.25, 0.3) is 0 Å². The number of carbonyl (C=O) groups is 2. The molecule has 29 heavy (non-hydrogen) atoms. The monoisotopic (exact) mass is 394 g/mol. The fourth-order valence-corrected chi connectivity index (χ4v) is 3.62. The molecule has 1 aliphatic rings. The SMILES string of the molecule is COc1cccc(CCNC(=O)C2CC2C(=O)Nc2c(C)cccc2C(C)C)c1. The molecular weight excluding hydrogens is 364 g/mol. The maximum Gasteiger partial charge on any atom is 0.228 e. The Kier molecular flexibility index (Phi) is 6.57. The average molecular weight is 395 g/mol. The summed E-state index contributed by atoms with van der Waals surface area (Å²) in [5, 5.41) is 6.03. The van der Waals surface area contributed by atoms with Gasteiger partial charge in [0.25, 0.3) is 0 Å². The van der Waals surface area contributed by atoms with Crippen LogP contribution in [0.2, 0.25) is 0 Å². The highest BCUT2D eigenvalue weighted by atomic mass is 16.5. The average Bonchev–Trinajstić information content (AvgIpc) is 3.50. The molecule has 5 heteroatoms. The van der Waals surface area contributed by atoms with Crippen LogP contribution < -0.4 is 15.4 Å². The van der Waals surface area contributed by atoms with Crippen LogP contribution in [0.3, 0.4) is 0 Å². The number of ether oxygens (including phenoxy) is 1. The van der Waals surface area contributed by atoms with Crippen molar-refractivity contribution in [3.63, 3.8) is 0 Å². The molecule has 0 saturated heterocycles. The van der Waals surface area contributed by atoms with Crippen LogP contribution in [0.4, 0.5) is 5.69 Å². The number of aryl methyl sites for hydroxylation is 1. The van der Waals surface area contributed by atoms with E-state index in [-0.39, 0.29) is 23.7 Å². The number of rotatable bonds is 8. The Morgan fingerprint density at radius 3 is 2.55 bits per heavy atom. The van der Waals surface area contributed by atoms with E-state index >= 15 is 0 Å². The lowest BCUT2D eigenvalue weighted by Crippen LogP contribution is -2.29. The van der Waals surface area contributed by atoms with Gasteiger partial charge in [-0.1, -0.05) is 44.2 Å². The fourth-order valence-electron chi connectivity index (χ4n) is 3.62. The minimum absolute atomic E-state index is 0.0399. The van der Waals surface area contributed by atoms with Gasteiger partial charge in [0.05, 0.1) is 18.9 Å². The molecule has 0 radical (unpaired) electrons. The van der Waals surface area contributed by atoms with Crippen molar-refractivity contribution in [2.75, 3.05) is 19.0 Å². The summed E-state index contributed by atoms with van der Waals surface area (Å²) >= 11 is 0. The quantitative estimate of drug-likeness (QED) is 0.709. The number of nitrogens with one attached hydrogen (secondary N) is 2. The summed E-state index contributed by atoms with van der Waals surface area (Å²) in [4.78, 5) is 25.1. The van der Waals surface area contributed by atoms with Gasteiger partial charge in [0.1, 0.15) is 5.75 Å². The summed E-state index contributed by atoms with van der Waals surface area (Å²) in [6, 6.07) is 13.9. The zero-order valence-corrected chi connectivity index (χ0v) is 17.6. The van der Waals surface area contributed by atoms with E-state index in [0.717, 1.165) is 34.5 Å². The van der Waals surface area contributed by atoms with Crippen LogP contribution in [0, 0.1) is 18.8 Å². The molecule has 5 nitrogen and oxygen atoms in total. The van der Waals surface area contributed by atoms with Crippen molar-refractivity contribution in [3.05, 3.63) is 59.2 Å². The van der Waals surface area contributed by atoms with Gasteiger partial charge >= 0.3 is 0 Å². The van der Waals surface area contributed by atoms with Gasteiger partial charge in [-0.25, -0.2) is 0 Å². The Balaban J connectivity index is 1.50. The molecule has 3 rings (SSSR count). The highest BCUT2D eigenvalue weighted by Crippen LogP contribution is 2.40. The first kappa shape index (κ1) is 20.9. The van der Waals surface area contributed by atoms with Crippen LogP contribution in [0.15, 0.2) is 42.5 Å². The van der Waals surface area contributed by atoms with Gasteiger partial charge in [-0.15, -0.1) is 0 Å². The van der Waals surface area contributed by atoms with E-state index in [1.54, 1.807) is 7.11 Å². The lowest BCUT2D eigenvalue weighted by Gasteiger charge is -2.16. The molecular formula is C24H30N2O3. The first-order valence-corrected chi connectivity index (χ1v) is 10.2. The van der Waals surface area contributed by atoms with E-state index in [2.05, 4.69) is 24.5 Å². The van der Waals surface area contributed by atoms with Crippen molar-refractivity contribution in [2.24, 2.45) is 11.8 Å². The molecule has 1 aliphatic carbocycles. The molecule has 2 aromatic carbocycles. The van der Waals surface area contributed by atoms with Gasteiger partial charge in [-0.2, -0.15) is 0 Å². The zero-order chi connectivity index (χ0) is 21.0. The first-order valence-electron chi connectivity index (χ1n) is 10.2. The molecule has 0 bridgehead atoms. The van der Waals surface area contributed by atoms with Crippen molar-refractivity contribution < 1.29 is 14.3 Å². The Hall–Kier alpha value is -2.82. The first-order chi connectivity index (χ1) is 13.9. The summed E-state index contributed by atoms with van der Waals surface area (Å²) in [6.45, 7) is 6.77. The fraction of sp³-hybridized carbons (Fsp3) is 0.417. The maximum atomic E-state index is 12.7. The molecule has 0 heterocycles. The molecule has 2 N–H and O–H groups in total. The van der Waals surface area contributed by atoms with Gasteiger partial charge < -0.3 is 15.4 Å². The minimum Gasteiger partial charge on any atom is -0.497 e. The molecule has 2 atom stereocenters. The normalized spacial score (nSPS) is 17.7. The van der Waals surface area contributed by atoms with E-state index in [0.29, 0.717) is 18.9 Å². The standard InChI is InChI=1S/C24H30N2O3/c1-15(2)19-10-5-7-16(3)22(19)26-24(28)21-14-20(21)23(27)25-12-11-17-8-6-9-18(13-17)29-4/h5-10,13,15,20-21H,11-12,14H2,1-4H3,(H,25,27)(H,26,28). The van der Waals surface area contributed by atoms with E-state index in [9.17, 15) is 9.59 Å². The number of hydrogen-bond donors (Lipinski definition) is 2. The van der Waals surface area contributed by atoms with Gasteiger partial charge in [-0.3, -0.25) is 9.59 Å². The predicted molar refractivity (Wildman–Crippen MR) is 115 cm³/mol. The topological polar surface area (TPSA) is 67.4 Å². The molecule has 1 fully saturated rings.